The minimum Gasteiger partial charge on any atom is -0.484 e. The maximum Gasteiger partial charge on any atom is 0.422 e. The second kappa shape index (κ2) is 7.65. The zero-order valence-electron chi connectivity index (χ0n) is 14.8. The summed E-state index contributed by atoms with van der Waals surface area (Å²) in [6.45, 7) is 2.70. The Kier molecular flexibility index (Phi) is 5.29. The Morgan fingerprint density at radius 2 is 1.93 bits per heavy atom. The molecular weight excluding hydrogens is 359 g/mol. The molecule has 9 heteroatoms. The van der Waals surface area contributed by atoms with Crippen molar-refractivity contribution in [1.82, 2.24) is 19.7 Å². The number of aryl methyl sites for hydroxylation is 2. The van der Waals surface area contributed by atoms with Gasteiger partial charge < -0.3 is 10.1 Å². The van der Waals surface area contributed by atoms with Crippen LogP contribution in [0.2, 0.25) is 0 Å². The summed E-state index contributed by atoms with van der Waals surface area (Å²) in [4.78, 5) is 8.60. The van der Waals surface area contributed by atoms with Crippen molar-refractivity contribution in [1.29, 1.82) is 0 Å². The molecule has 0 fully saturated rings. The first kappa shape index (κ1) is 18.7. The van der Waals surface area contributed by atoms with Gasteiger partial charge in [0.2, 0.25) is 0 Å². The molecule has 0 saturated carbocycles. The third kappa shape index (κ3) is 4.96. The number of nitrogens with zero attached hydrogens (tertiary/aromatic N) is 4. The van der Waals surface area contributed by atoms with Crippen LogP contribution in [0.1, 0.15) is 17.0 Å². The number of hydrogen-bond donors (Lipinski definition) is 1. The average molecular weight is 377 g/mol. The van der Waals surface area contributed by atoms with Crippen molar-refractivity contribution in [2.24, 2.45) is 0 Å². The summed E-state index contributed by atoms with van der Waals surface area (Å²) in [5.74, 6) is 1.20. The number of aromatic nitrogens is 4. The minimum absolute atomic E-state index is 0.171. The molecule has 0 bridgehead atoms. The molecular formula is C18H18F3N5O. The van der Waals surface area contributed by atoms with E-state index < -0.39 is 12.8 Å². The Labute approximate surface area is 154 Å². The summed E-state index contributed by atoms with van der Waals surface area (Å²) in [6.07, 6.45) is -1.26. The maximum atomic E-state index is 12.4. The molecule has 3 rings (SSSR count). The molecule has 142 valence electrons. The van der Waals surface area contributed by atoms with Crippen LogP contribution in [0.3, 0.4) is 0 Å². The van der Waals surface area contributed by atoms with E-state index in [4.69, 9.17) is 4.74 Å². The van der Waals surface area contributed by atoms with Crippen molar-refractivity contribution in [2.45, 2.75) is 26.6 Å². The SMILES string of the molecule is Cc1cc(C)n(-c2cncc(NCc3ccccc3OCC(F)(F)F)n2)n1. The molecule has 0 aliphatic rings. The minimum atomic E-state index is -4.39. The predicted molar refractivity (Wildman–Crippen MR) is 93.9 cm³/mol. The van der Waals surface area contributed by atoms with E-state index in [0.717, 1.165) is 11.4 Å². The molecule has 6 nitrogen and oxygen atoms in total. The lowest BCUT2D eigenvalue weighted by atomic mass is 10.2. The van der Waals surface area contributed by atoms with Crippen LogP contribution >= 0.6 is 0 Å². The van der Waals surface area contributed by atoms with Crippen LogP contribution in [-0.4, -0.2) is 32.5 Å². The molecule has 0 aliphatic carbocycles. The highest BCUT2D eigenvalue weighted by Gasteiger charge is 2.28. The first-order chi connectivity index (χ1) is 12.8. The largest absolute Gasteiger partial charge is 0.484 e. The summed E-state index contributed by atoms with van der Waals surface area (Å²) in [6, 6.07) is 8.47. The van der Waals surface area contributed by atoms with Gasteiger partial charge in [0.15, 0.2) is 12.4 Å². The topological polar surface area (TPSA) is 64.9 Å². The Bertz CT molecular complexity index is 923. The summed E-state index contributed by atoms with van der Waals surface area (Å²) in [5, 5.41) is 7.42. The highest BCUT2D eigenvalue weighted by Crippen LogP contribution is 2.23. The molecule has 2 heterocycles. The van der Waals surface area contributed by atoms with Gasteiger partial charge in [0.1, 0.15) is 11.6 Å². The lowest BCUT2D eigenvalue weighted by molar-refractivity contribution is -0.153. The molecule has 0 amide bonds. The van der Waals surface area contributed by atoms with Crippen LogP contribution in [-0.2, 0) is 6.54 Å². The van der Waals surface area contributed by atoms with Gasteiger partial charge in [-0.2, -0.15) is 18.3 Å². The lowest BCUT2D eigenvalue weighted by Gasteiger charge is -2.14. The monoisotopic (exact) mass is 377 g/mol. The lowest BCUT2D eigenvalue weighted by Crippen LogP contribution is -2.20. The fourth-order valence-electron chi connectivity index (χ4n) is 2.54. The number of anilines is 1. The van der Waals surface area contributed by atoms with Crippen molar-refractivity contribution in [3.63, 3.8) is 0 Å². The third-order valence-electron chi connectivity index (χ3n) is 3.67. The Hall–Kier alpha value is -3.10. The van der Waals surface area contributed by atoms with Gasteiger partial charge in [-0.15, -0.1) is 0 Å². The van der Waals surface area contributed by atoms with Gasteiger partial charge in [0.25, 0.3) is 0 Å². The fraction of sp³-hybridized carbons (Fsp3) is 0.278. The van der Waals surface area contributed by atoms with E-state index in [1.807, 2.05) is 19.9 Å². The quantitative estimate of drug-likeness (QED) is 0.707. The van der Waals surface area contributed by atoms with Crippen LogP contribution in [0.25, 0.3) is 5.82 Å². The standard InChI is InChI=1S/C18H18F3N5O/c1-12-7-13(2)26(25-12)17-10-22-9-16(24-17)23-8-14-5-3-4-6-15(14)27-11-18(19,20)21/h3-7,9-10H,8,11H2,1-2H3,(H,23,24). The van der Waals surface area contributed by atoms with Crippen LogP contribution in [0.15, 0.2) is 42.7 Å². The van der Waals surface area contributed by atoms with Crippen LogP contribution in [0.5, 0.6) is 5.75 Å². The number of nitrogens with one attached hydrogen (secondary N) is 1. The Morgan fingerprint density at radius 3 is 2.63 bits per heavy atom. The van der Waals surface area contributed by atoms with Gasteiger partial charge in [0, 0.05) is 17.8 Å². The van der Waals surface area contributed by atoms with Crippen molar-refractivity contribution in [2.75, 3.05) is 11.9 Å². The van der Waals surface area contributed by atoms with Gasteiger partial charge in [-0.3, -0.25) is 4.98 Å². The molecule has 1 aromatic carbocycles. The van der Waals surface area contributed by atoms with Crippen LogP contribution < -0.4 is 10.1 Å². The Balaban J connectivity index is 1.72. The average Bonchev–Trinajstić information content (AvgIpc) is 2.97. The van der Waals surface area contributed by atoms with Crippen LogP contribution in [0, 0.1) is 13.8 Å². The maximum absolute atomic E-state index is 12.4. The zero-order chi connectivity index (χ0) is 19.4. The number of para-hydroxylation sites is 1. The zero-order valence-corrected chi connectivity index (χ0v) is 14.8. The molecule has 0 radical (unpaired) electrons. The second-order valence-corrected chi connectivity index (χ2v) is 5.97. The van der Waals surface area contributed by atoms with Crippen LogP contribution in [0.4, 0.5) is 19.0 Å². The van der Waals surface area contributed by atoms with E-state index in [1.165, 1.54) is 12.3 Å². The predicted octanol–water partition coefficient (Wildman–Crippen LogP) is 3.83. The molecule has 2 aromatic heterocycles. The molecule has 0 unspecified atom stereocenters. The molecule has 0 aliphatic heterocycles. The van der Waals surface area contributed by atoms with Gasteiger partial charge in [0.05, 0.1) is 18.1 Å². The highest BCUT2D eigenvalue weighted by molar-refractivity contribution is 5.40. The highest BCUT2D eigenvalue weighted by atomic mass is 19.4. The van der Waals surface area contributed by atoms with Crippen molar-refractivity contribution >= 4 is 5.82 Å². The van der Waals surface area contributed by atoms with Crippen molar-refractivity contribution in [3.8, 4) is 11.6 Å². The van der Waals surface area contributed by atoms with Gasteiger partial charge in [-0.25, -0.2) is 9.67 Å². The summed E-state index contributed by atoms with van der Waals surface area (Å²) < 4.78 is 43.8. The number of alkyl halides is 3. The van der Waals surface area contributed by atoms with E-state index in [1.54, 1.807) is 29.1 Å². The molecule has 0 saturated heterocycles. The molecule has 27 heavy (non-hydrogen) atoms. The van der Waals surface area contributed by atoms with E-state index in [-0.39, 0.29) is 12.3 Å². The van der Waals surface area contributed by atoms with Crippen molar-refractivity contribution < 1.29 is 17.9 Å². The number of rotatable bonds is 6. The normalized spacial score (nSPS) is 11.4. The number of hydrogen-bond acceptors (Lipinski definition) is 5. The summed E-state index contributed by atoms with van der Waals surface area (Å²) in [5.41, 5.74) is 2.37. The first-order valence-electron chi connectivity index (χ1n) is 8.19. The van der Waals surface area contributed by atoms with Gasteiger partial charge in [-0.1, -0.05) is 18.2 Å². The smallest absolute Gasteiger partial charge is 0.422 e. The van der Waals surface area contributed by atoms with Gasteiger partial charge in [-0.05, 0) is 26.0 Å². The first-order valence-corrected chi connectivity index (χ1v) is 8.19. The molecule has 0 atom stereocenters. The van der Waals surface area contributed by atoms with E-state index in [0.29, 0.717) is 17.2 Å². The van der Waals surface area contributed by atoms with Crippen molar-refractivity contribution in [3.05, 3.63) is 59.7 Å². The molecule has 0 spiro atoms. The number of halogens is 3. The third-order valence-corrected chi connectivity index (χ3v) is 3.67. The summed E-state index contributed by atoms with van der Waals surface area (Å²) in [7, 11) is 0. The molecule has 1 N–H and O–H groups in total. The van der Waals surface area contributed by atoms with Gasteiger partial charge >= 0.3 is 6.18 Å². The van der Waals surface area contributed by atoms with E-state index in [9.17, 15) is 13.2 Å². The number of ether oxygens (including phenoxy) is 1. The van der Waals surface area contributed by atoms with E-state index >= 15 is 0 Å². The Morgan fingerprint density at radius 1 is 1.15 bits per heavy atom. The summed E-state index contributed by atoms with van der Waals surface area (Å²) >= 11 is 0. The second-order valence-electron chi connectivity index (χ2n) is 5.97. The fourth-order valence-corrected chi connectivity index (χ4v) is 2.54. The number of benzene rings is 1. The molecule has 3 aromatic rings. The van der Waals surface area contributed by atoms with E-state index in [2.05, 4.69) is 20.4 Å².